The smallest absolute Gasteiger partial charge is 0.329 e. The molecular weight excluding hydrogens is 334 g/mol. The molecule has 1 amide bonds. The van der Waals surface area contributed by atoms with Gasteiger partial charge in [0, 0.05) is 19.0 Å². The van der Waals surface area contributed by atoms with E-state index >= 15 is 0 Å². The molecule has 7 nitrogen and oxygen atoms in total. The second kappa shape index (κ2) is 6.39. The van der Waals surface area contributed by atoms with Crippen LogP contribution in [0.3, 0.4) is 0 Å². The number of aliphatic hydroxyl groups is 1. The maximum Gasteiger partial charge on any atom is 0.329 e. The average Bonchev–Trinajstić information content (AvgIpc) is 2.64. The fraction of sp³-hybridized carbons (Fsp3) is 0.526. The van der Waals surface area contributed by atoms with Crippen molar-refractivity contribution in [2.24, 2.45) is 5.92 Å². The molecular formula is C19H23N3O4. The summed E-state index contributed by atoms with van der Waals surface area (Å²) in [4.78, 5) is 41.9. The number of hydrogen-bond acceptors (Lipinski definition) is 4. The fourth-order valence-electron chi connectivity index (χ4n) is 4.38. The molecule has 0 unspecified atom stereocenters. The molecule has 2 fully saturated rings. The van der Waals surface area contributed by atoms with Gasteiger partial charge in [-0.05, 0) is 31.4 Å². The van der Waals surface area contributed by atoms with Crippen LogP contribution in [0.25, 0.3) is 10.9 Å². The van der Waals surface area contributed by atoms with E-state index in [1.54, 1.807) is 29.2 Å². The Hall–Kier alpha value is -2.41. The monoisotopic (exact) mass is 357 g/mol. The number of nitrogens with one attached hydrogen (secondary N) is 1. The molecule has 1 saturated carbocycles. The van der Waals surface area contributed by atoms with Gasteiger partial charge in [0.2, 0.25) is 5.91 Å². The van der Waals surface area contributed by atoms with E-state index < -0.39 is 16.9 Å². The molecule has 2 atom stereocenters. The van der Waals surface area contributed by atoms with Crippen LogP contribution in [0, 0.1) is 5.92 Å². The van der Waals surface area contributed by atoms with Gasteiger partial charge in [-0.25, -0.2) is 4.79 Å². The Morgan fingerprint density at radius 3 is 2.88 bits per heavy atom. The number of rotatable bonds is 2. The molecule has 1 aromatic heterocycles. The van der Waals surface area contributed by atoms with Crippen LogP contribution in [0.15, 0.2) is 33.9 Å². The SMILES string of the molecule is O=C(Cn1c(=O)[nH]c2ccccc2c1=O)N1CC[C@@]2(O)CCCC[C@H]2C1. The number of piperidine rings is 1. The molecule has 1 aliphatic carbocycles. The lowest BCUT2D eigenvalue weighted by atomic mass is 9.71. The molecule has 2 N–H and O–H groups in total. The Kier molecular flexibility index (Phi) is 4.19. The van der Waals surface area contributed by atoms with Crippen molar-refractivity contribution in [3.05, 3.63) is 45.1 Å². The Labute approximate surface area is 150 Å². The molecule has 0 bridgehead atoms. The highest BCUT2D eigenvalue weighted by Crippen LogP contribution is 2.39. The summed E-state index contributed by atoms with van der Waals surface area (Å²) in [7, 11) is 0. The van der Waals surface area contributed by atoms with Crippen LogP contribution >= 0.6 is 0 Å². The number of fused-ring (bicyclic) bond motifs is 2. The quantitative estimate of drug-likeness (QED) is 0.833. The highest BCUT2D eigenvalue weighted by molar-refractivity contribution is 5.79. The summed E-state index contributed by atoms with van der Waals surface area (Å²) in [6.07, 6.45) is 4.37. The predicted octanol–water partition coefficient (Wildman–Crippen LogP) is 0.843. The summed E-state index contributed by atoms with van der Waals surface area (Å²) >= 11 is 0. The highest BCUT2D eigenvalue weighted by Gasteiger charge is 2.43. The number of carbonyl (C=O) groups is 1. The zero-order chi connectivity index (χ0) is 18.3. The van der Waals surface area contributed by atoms with E-state index in [0.717, 1.165) is 30.3 Å². The van der Waals surface area contributed by atoms with Crippen molar-refractivity contribution in [1.29, 1.82) is 0 Å². The number of aromatic nitrogens is 2. The van der Waals surface area contributed by atoms with Crippen molar-refractivity contribution in [2.45, 2.75) is 44.2 Å². The molecule has 1 saturated heterocycles. The largest absolute Gasteiger partial charge is 0.389 e. The number of carbonyl (C=O) groups excluding carboxylic acids is 1. The van der Waals surface area contributed by atoms with Crippen molar-refractivity contribution in [3.8, 4) is 0 Å². The number of para-hydroxylation sites is 1. The first-order valence-corrected chi connectivity index (χ1v) is 9.20. The topological polar surface area (TPSA) is 95.4 Å². The summed E-state index contributed by atoms with van der Waals surface area (Å²) in [5.74, 6) is -0.166. The molecule has 7 heteroatoms. The van der Waals surface area contributed by atoms with Gasteiger partial charge in [0.15, 0.2) is 0 Å². The number of hydrogen-bond donors (Lipinski definition) is 2. The molecule has 1 aromatic carbocycles. The highest BCUT2D eigenvalue weighted by atomic mass is 16.3. The third-order valence-corrected chi connectivity index (χ3v) is 5.96. The second-order valence-electron chi connectivity index (χ2n) is 7.50. The van der Waals surface area contributed by atoms with E-state index in [9.17, 15) is 19.5 Å². The van der Waals surface area contributed by atoms with Crippen molar-refractivity contribution >= 4 is 16.8 Å². The number of aromatic amines is 1. The molecule has 2 heterocycles. The Morgan fingerprint density at radius 2 is 2.04 bits per heavy atom. The van der Waals surface area contributed by atoms with Gasteiger partial charge >= 0.3 is 5.69 Å². The van der Waals surface area contributed by atoms with Gasteiger partial charge in [-0.2, -0.15) is 0 Å². The summed E-state index contributed by atoms with van der Waals surface area (Å²) in [5.41, 5.74) is -1.22. The van der Waals surface area contributed by atoms with Crippen LogP contribution < -0.4 is 11.2 Å². The molecule has 1 aliphatic heterocycles. The van der Waals surface area contributed by atoms with Gasteiger partial charge in [0.05, 0.1) is 16.5 Å². The molecule has 0 radical (unpaired) electrons. The van der Waals surface area contributed by atoms with Crippen molar-refractivity contribution in [2.75, 3.05) is 13.1 Å². The number of H-pyrrole nitrogens is 1. The molecule has 4 rings (SSSR count). The maximum absolute atomic E-state index is 12.7. The Morgan fingerprint density at radius 1 is 1.23 bits per heavy atom. The number of nitrogens with zero attached hydrogens (tertiary/aromatic N) is 2. The van der Waals surface area contributed by atoms with Gasteiger partial charge < -0.3 is 15.0 Å². The lowest BCUT2D eigenvalue weighted by Gasteiger charge is -2.47. The van der Waals surface area contributed by atoms with Crippen molar-refractivity contribution in [3.63, 3.8) is 0 Å². The van der Waals surface area contributed by atoms with Gasteiger partial charge in [0.25, 0.3) is 5.56 Å². The van der Waals surface area contributed by atoms with Crippen LogP contribution in [0.1, 0.15) is 32.1 Å². The zero-order valence-electron chi connectivity index (χ0n) is 14.6. The van der Waals surface area contributed by atoms with Crippen molar-refractivity contribution in [1.82, 2.24) is 14.5 Å². The number of likely N-dealkylation sites (tertiary alicyclic amines) is 1. The maximum atomic E-state index is 12.7. The molecule has 0 spiro atoms. The standard InChI is InChI=1S/C19H23N3O4/c23-16(21-10-9-19(26)8-4-3-5-13(19)11-21)12-22-17(24)14-6-1-2-7-15(14)20-18(22)25/h1-2,6-7,13,26H,3-5,8-12H2,(H,20,25)/t13-,19-/m0/s1. The molecule has 2 aromatic rings. The van der Waals surface area contributed by atoms with Crippen LogP contribution in [-0.2, 0) is 11.3 Å². The lowest BCUT2D eigenvalue weighted by molar-refractivity contribution is -0.144. The summed E-state index contributed by atoms with van der Waals surface area (Å²) in [6.45, 7) is 0.686. The van der Waals surface area contributed by atoms with E-state index in [-0.39, 0.29) is 18.4 Å². The first-order valence-electron chi connectivity index (χ1n) is 9.20. The average molecular weight is 357 g/mol. The minimum atomic E-state index is -0.660. The Bertz CT molecular complexity index is 963. The second-order valence-corrected chi connectivity index (χ2v) is 7.50. The first-order chi connectivity index (χ1) is 12.5. The van der Waals surface area contributed by atoms with E-state index in [2.05, 4.69) is 4.98 Å². The third-order valence-electron chi connectivity index (χ3n) is 5.96. The molecule has 2 aliphatic rings. The van der Waals surface area contributed by atoms with E-state index in [1.165, 1.54) is 0 Å². The minimum absolute atomic E-state index is 0.0839. The number of amides is 1. The summed E-state index contributed by atoms with van der Waals surface area (Å²) in [6, 6.07) is 6.77. The van der Waals surface area contributed by atoms with E-state index in [4.69, 9.17) is 0 Å². The minimum Gasteiger partial charge on any atom is -0.389 e. The van der Waals surface area contributed by atoms with Crippen LogP contribution in [0.2, 0.25) is 0 Å². The van der Waals surface area contributed by atoms with E-state index in [1.807, 2.05) is 0 Å². The third kappa shape index (κ3) is 2.86. The van der Waals surface area contributed by atoms with Crippen LogP contribution in [0.5, 0.6) is 0 Å². The van der Waals surface area contributed by atoms with Gasteiger partial charge in [-0.3, -0.25) is 14.2 Å². The summed E-state index contributed by atoms with van der Waals surface area (Å²) in [5, 5.41) is 11.1. The van der Waals surface area contributed by atoms with Crippen LogP contribution in [-0.4, -0.2) is 44.2 Å². The van der Waals surface area contributed by atoms with Crippen molar-refractivity contribution < 1.29 is 9.90 Å². The summed E-state index contributed by atoms with van der Waals surface area (Å²) < 4.78 is 0.965. The fourth-order valence-corrected chi connectivity index (χ4v) is 4.38. The lowest BCUT2D eigenvalue weighted by Crippen LogP contribution is -2.55. The van der Waals surface area contributed by atoms with E-state index in [0.29, 0.717) is 30.4 Å². The number of benzene rings is 1. The van der Waals surface area contributed by atoms with Gasteiger partial charge in [0.1, 0.15) is 6.54 Å². The van der Waals surface area contributed by atoms with Crippen LogP contribution in [0.4, 0.5) is 0 Å². The normalized spacial score (nSPS) is 25.9. The molecule has 26 heavy (non-hydrogen) atoms. The van der Waals surface area contributed by atoms with Gasteiger partial charge in [-0.15, -0.1) is 0 Å². The Balaban J connectivity index is 1.56. The zero-order valence-corrected chi connectivity index (χ0v) is 14.6. The predicted molar refractivity (Wildman–Crippen MR) is 96.9 cm³/mol. The first kappa shape index (κ1) is 17.0. The molecule has 138 valence electrons. The van der Waals surface area contributed by atoms with Gasteiger partial charge in [-0.1, -0.05) is 25.0 Å².